The van der Waals surface area contributed by atoms with E-state index in [1.165, 1.54) is 0 Å². The van der Waals surface area contributed by atoms with E-state index in [1.54, 1.807) is 0 Å². The Bertz CT molecular complexity index is 568. The summed E-state index contributed by atoms with van der Waals surface area (Å²) in [6, 6.07) is 7.44. The summed E-state index contributed by atoms with van der Waals surface area (Å²) >= 11 is 0. The van der Waals surface area contributed by atoms with Gasteiger partial charge in [0.2, 0.25) is 5.91 Å². The van der Waals surface area contributed by atoms with Gasteiger partial charge in [-0.2, -0.15) is 5.10 Å². The van der Waals surface area contributed by atoms with Gasteiger partial charge in [0, 0.05) is 18.4 Å². The number of nitrogens with zero attached hydrogens (tertiary/aromatic N) is 1. The van der Waals surface area contributed by atoms with E-state index in [0.29, 0.717) is 25.2 Å². The summed E-state index contributed by atoms with van der Waals surface area (Å²) < 4.78 is 5.49. The first-order chi connectivity index (χ1) is 9.24. The van der Waals surface area contributed by atoms with Crippen molar-refractivity contribution in [3.63, 3.8) is 0 Å². The summed E-state index contributed by atoms with van der Waals surface area (Å²) in [5, 5.41) is 6.65. The van der Waals surface area contributed by atoms with Crippen molar-refractivity contribution in [2.45, 2.75) is 18.9 Å². The summed E-state index contributed by atoms with van der Waals surface area (Å²) in [6.45, 7) is 0.421. The quantitative estimate of drug-likeness (QED) is 0.811. The number of ether oxygens (including phenoxy) is 1. The third-order valence-corrected chi connectivity index (χ3v) is 3.17. The number of hydrogen-bond donors (Lipinski definition) is 2. The van der Waals surface area contributed by atoms with Crippen LogP contribution in [0.2, 0.25) is 0 Å². The molecule has 1 atom stereocenters. The van der Waals surface area contributed by atoms with E-state index in [4.69, 9.17) is 4.74 Å². The molecule has 0 aromatic heterocycles. The van der Waals surface area contributed by atoms with Crippen LogP contribution in [0.5, 0.6) is 5.75 Å². The highest BCUT2D eigenvalue weighted by Crippen LogP contribution is 2.31. The lowest BCUT2D eigenvalue weighted by atomic mass is 10.1. The first-order valence-electron chi connectivity index (χ1n) is 6.12. The van der Waals surface area contributed by atoms with Crippen LogP contribution in [0.15, 0.2) is 29.4 Å². The molecule has 2 heterocycles. The minimum absolute atomic E-state index is 0.161. The standard InChI is InChI=1S/C13H13N3O3/c17-12-6-5-9(15-16-12)13(18)14-10-7-19-11-4-2-1-3-8(10)11/h1-4,10H,5-7H2,(H,14,18)(H,16,17). The topological polar surface area (TPSA) is 79.8 Å². The summed E-state index contributed by atoms with van der Waals surface area (Å²) in [4.78, 5) is 23.0. The minimum atomic E-state index is -0.259. The predicted molar refractivity (Wildman–Crippen MR) is 67.6 cm³/mol. The van der Waals surface area contributed by atoms with Crippen LogP contribution in [0.25, 0.3) is 0 Å². The molecule has 3 rings (SSSR count). The lowest BCUT2D eigenvalue weighted by Crippen LogP contribution is -2.39. The number of hydrogen-bond acceptors (Lipinski definition) is 4. The van der Waals surface area contributed by atoms with Crippen molar-refractivity contribution >= 4 is 17.5 Å². The van der Waals surface area contributed by atoms with Crippen molar-refractivity contribution in [2.75, 3.05) is 6.61 Å². The van der Waals surface area contributed by atoms with Crippen LogP contribution in [0, 0.1) is 0 Å². The average molecular weight is 259 g/mol. The molecule has 0 fully saturated rings. The molecule has 6 nitrogen and oxygen atoms in total. The molecule has 6 heteroatoms. The number of hydrazone groups is 1. The summed E-state index contributed by atoms with van der Waals surface area (Å²) in [5.41, 5.74) is 3.63. The van der Waals surface area contributed by atoms with E-state index in [9.17, 15) is 9.59 Å². The number of nitrogens with one attached hydrogen (secondary N) is 2. The molecule has 0 spiro atoms. The number of para-hydroxylation sites is 1. The van der Waals surface area contributed by atoms with Crippen LogP contribution < -0.4 is 15.5 Å². The Balaban J connectivity index is 1.70. The molecule has 2 N–H and O–H groups in total. The molecule has 0 radical (unpaired) electrons. The molecule has 1 aromatic carbocycles. The summed E-state index contributed by atoms with van der Waals surface area (Å²) in [5.74, 6) is 0.378. The van der Waals surface area contributed by atoms with Crippen molar-refractivity contribution in [1.29, 1.82) is 0 Å². The predicted octanol–water partition coefficient (Wildman–Crippen LogP) is 0.502. The molecule has 19 heavy (non-hydrogen) atoms. The maximum Gasteiger partial charge on any atom is 0.268 e. The van der Waals surface area contributed by atoms with E-state index in [0.717, 1.165) is 11.3 Å². The molecule has 2 aliphatic heterocycles. The van der Waals surface area contributed by atoms with Gasteiger partial charge in [0.25, 0.3) is 5.91 Å². The van der Waals surface area contributed by atoms with Crippen LogP contribution in [-0.2, 0) is 9.59 Å². The molecule has 1 unspecified atom stereocenters. The smallest absolute Gasteiger partial charge is 0.268 e. The number of amides is 2. The molecule has 0 aliphatic carbocycles. The van der Waals surface area contributed by atoms with Gasteiger partial charge in [-0.05, 0) is 6.07 Å². The summed E-state index contributed by atoms with van der Waals surface area (Å²) in [7, 11) is 0. The molecule has 0 saturated heterocycles. The normalized spacial score (nSPS) is 20.9. The largest absolute Gasteiger partial charge is 0.491 e. The van der Waals surface area contributed by atoms with Gasteiger partial charge in [0.05, 0.1) is 6.04 Å². The summed E-state index contributed by atoms with van der Waals surface area (Å²) in [6.07, 6.45) is 0.664. The number of carbonyl (C=O) groups excluding carboxylic acids is 2. The zero-order valence-corrected chi connectivity index (χ0v) is 10.2. The van der Waals surface area contributed by atoms with E-state index >= 15 is 0 Å². The second kappa shape index (κ2) is 4.72. The lowest BCUT2D eigenvalue weighted by molar-refractivity contribution is -0.121. The number of rotatable bonds is 2. The highest BCUT2D eigenvalue weighted by molar-refractivity contribution is 6.39. The molecule has 1 aromatic rings. The van der Waals surface area contributed by atoms with Gasteiger partial charge in [-0.15, -0.1) is 0 Å². The number of fused-ring (bicyclic) bond motifs is 1. The van der Waals surface area contributed by atoms with Gasteiger partial charge in [-0.1, -0.05) is 18.2 Å². The molecule has 2 amide bonds. The lowest BCUT2D eigenvalue weighted by Gasteiger charge is -2.15. The van der Waals surface area contributed by atoms with E-state index in [-0.39, 0.29) is 17.9 Å². The van der Waals surface area contributed by atoms with Crippen molar-refractivity contribution in [2.24, 2.45) is 5.10 Å². The average Bonchev–Trinajstić information content (AvgIpc) is 2.83. The molecule has 2 aliphatic rings. The minimum Gasteiger partial charge on any atom is -0.491 e. The monoisotopic (exact) mass is 259 g/mol. The van der Waals surface area contributed by atoms with Gasteiger partial charge in [-0.3, -0.25) is 9.59 Å². The van der Waals surface area contributed by atoms with Gasteiger partial charge >= 0.3 is 0 Å². The van der Waals surface area contributed by atoms with Crippen molar-refractivity contribution < 1.29 is 14.3 Å². The first kappa shape index (κ1) is 11.7. The van der Waals surface area contributed by atoms with E-state index in [2.05, 4.69) is 15.8 Å². The fourth-order valence-electron chi connectivity index (χ4n) is 2.16. The second-order valence-electron chi connectivity index (χ2n) is 4.47. The number of carbonyl (C=O) groups is 2. The zero-order chi connectivity index (χ0) is 13.2. The second-order valence-corrected chi connectivity index (χ2v) is 4.47. The van der Waals surface area contributed by atoms with Crippen LogP contribution in [0.4, 0.5) is 0 Å². The van der Waals surface area contributed by atoms with E-state index < -0.39 is 0 Å². The van der Waals surface area contributed by atoms with Crippen LogP contribution in [0.1, 0.15) is 24.4 Å². The van der Waals surface area contributed by atoms with Gasteiger partial charge in [0.15, 0.2) is 0 Å². The Morgan fingerprint density at radius 3 is 3.00 bits per heavy atom. The Morgan fingerprint density at radius 2 is 2.21 bits per heavy atom. The highest BCUT2D eigenvalue weighted by atomic mass is 16.5. The Morgan fingerprint density at radius 1 is 1.37 bits per heavy atom. The molecule has 0 saturated carbocycles. The maximum absolute atomic E-state index is 12.0. The van der Waals surface area contributed by atoms with Crippen LogP contribution in [0.3, 0.4) is 0 Å². The molecule has 0 bridgehead atoms. The third-order valence-electron chi connectivity index (χ3n) is 3.17. The van der Waals surface area contributed by atoms with Gasteiger partial charge < -0.3 is 10.1 Å². The SMILES string of the molecule is O=C1CCC(C(=O)NC2COc3ccccc32)=NN1. The van der Waals surface area contributed by atoms with Crippen LogP contribution >= 0.6 is 0 Å². The Kier molecular flexibility index (Phi) is 2.91. The Labute approximate surface area is 109 Å². The van der Waals surface area contributed by atoms with E-state index in [1.807, 2.05) is 24.3 Å². The molecular formula is C13H13N3O3. The third kappa shape index (κ3) is 2.29. The van der Waals surface area contributed by atoms with Gasteiger partial charge in [-0.25, -0.2) is 5.43 Å². The van der Waals surface area contributed by atoms with Gasteiger partial charge in [0.1, 0.15) is 18.1 Å². The highest BCUT2D eigenvalue weighted by Gasteiger charge is 2.27. The van der Waals surface area contributed by atoms with Crippen molar-refractivity contribution in [1.82, 2.24) is 10.7 Å². The van der Waals surface area contributed by atoms with Crippen molar-refractivity contribution in [3.8, 4) is 5.75 Å². The zero-order valence-electron chi connectivity index (χ0n) is 10.2. The fourth-order valence-corrected chi connectivity index (χ4v) is 2.16. The maximum atomic E-state index is 12.0. The molecule has 98 valence electrons. The van der Waals surface area contributed by atoms with Crippen LogP contribution in [-0.4, -0.2) is 24.1 Å². The Hall–Kier alpha value is -2.37. The first-order valence-corrected chi connectivity index (χ1v) is 6.12. The number of benzene rings is 1. The molecular weight excluding hydrogens is 246 g/mol. The fraction of sp³-hybridized carbons (Fsp3) is 0.308. The van der Waals surface area contributed by atoms with Crippen molar-refractivity contribution in [3.05, 3.63) is 29.8 Å².